The first-order valence-corrected chi connectivity index (χ1v) is 12.7. The van der Waals surface area contributed by atoms with Gasteiger partial charge < -0.3 is 25.0 Å². The number of piperidine rings is 1. The standard InChI is InChI=1S/C28H36N6O2/c1-33(27-31-22-17-24(36-3)23(35-2)16-21(22)25(29)32-27)18-28(20-10-5-4-6-11-20)12-14-34(15-13-28)26(30)19-8-7-9-19/h4-6,10-11,16-17,19,30H,7-9,12-15,18H2,1-3H3,(H2,29,31,32). The second-order valence-corrected chi connectivity index (χ2v) is 10.1. The number of hydrogen-bond donors (Lipinski definition) is 2. The van der Waals surface area contributed by atoms with Crippen molar-refractivity contribution in [2.75, 3.05) is 51.5 Å². The zero-order valence-corrected chi connectivity index (χ0v) is 21.5. The number of nitrogens with two attached hydrogens (primary N) is 1. The van der Waals surface area contributed by atoms with Crippen LogP contribution in [-0.4, -0.2) is 61.6 Å². The lowest BCUT2D eigenvalue weighted by Crippen LogP contribution is -2.51. The molecule has 5 rings (SSSR count). The molecule has 2 aromatic carbocycles. The molecule has 1 aliphatic carbocycles. The molecule has 1 saturated carbocycles. The number of nitrogen functional groups attached to an aromatic ring is 1. The lowest BCUT2D eigenvalue weighted by molar-refractivity contribution is 0.212. The summed E-state index contributed by atoms with van der Waals surface area (Å²) in [6.45, 7) is 2.56. The quantitative estimate of drug-likeness (QED) is 0.374. The van der Waals surface area contributed by atoms with Gasteiger partial charge in [0.1, 0.15) is 5.82 Å². The number of hydrogen-bond acceptors (Lipinski definition) is 7. The summed E-state index contributed by atoms with van der Waals surface area (Å²) in [6, 6.07) is 14.4. The average molecular weight is 489 g/mol. The molecule has 0 bridgehead atoms. The first-order valence-electron chi connectivity index (χ1n) is 12.7. The van der Waals surface area contributed by atoms with Gasteiger partial charge in [-0.3, -0.25) is 5.41 Å². The number of benzene rings is 2. The smallest absolute Gasteiger partial charge is 0.227 e. The van der Waals surface area contributed by atoms with Gasteiger partial charge in [-0.1, -0.05) is 36.8 Å². The van der Waals surface area contributed by atoms with Gasteiger partial charge >= 0.3 is 0 Å². The van der Waals surface area contributed by atoms with E-state index < -0.39 is 0 Å². The molecule has 1 saturated heterocycles. The summed E-state index contributed by atoms with van der Waals surface area (Å²) in [5.41, 5.74) is 8.37. The second-order valence-electron chi connectivity index (χ2n) is 10.1. The third kappa shape index (κ3) is 4.40. The topological polar surface area (TPSA) is 101 Å². The van der Waals surface area contributed by atoms with Crippen LogP contribution < -0.4 is 20.1 Å². The molecular formula is C28H36N6O2. The SMILES string of the molecule is COc1cc2nc(N(C)CC3(c4ccccc4)CCN(C(=N)C4CCC4)CC3)nc(N)c2cc1OC. The van der Waals surface area contributed by atoms with Crippen molar-refractivity contribution in [3.8, 4) is 11.5 Å². The molecule has 1 aliphatic heterocycles. The third-order valence-electron chi connectivity index (χ3n) is 8.04. The van der Waals surface area contributed by atoms with Gasteiger partial charge in [0.05, 0.1) is 25.6 Å². The van der Waals surface area contributed by atoms with E-state index in [-0.39, 0.29) is 5.41 Å². The number of fused-ring (bicyclic) bond motifs is 1. The molecule has 0 spiro atoms. The highest BCUT2D eigenvalue weighted by molar-refractivity contribution is 5.91. The molecule has 0 atom stereocenters. The predicted molar refractivity (Wildman–Crippen MR) is 144 cm³/mol. The van der Waals surface area contributed by atoms with E-state index in [0.29, 0.717) is 29.2 Å². The number of likely N-dealkylation sites (tertiary alicyclic amines) is 1. The molecule has 3 N–H and O–H groups in total. The van der Waals surface area contributed by atoms with Crippen molar-refractivity contribution < 1.29 is 9.47 Å². The van der Waals surface area contributed by atoms with Gasteiger partial charge in [-0.05, 0) is 37.3 Å². The highest BCUT2D eigenvalue weighted by atomic mass is 16.5. The molecular weight excluding hydrogens is 452 g/mol. The Morgan fingerprint density at radius 1 is 1.08 bits per heavy atom. The van der Waals surface area contributed by atoms with E-state index in [1.807, 2.05) is 19.2 Å². The van der Waals surface area contributed by atoms with Gasteiger partial charge in [0.25, 0.3) is 0 Å². The van der Waals surface area contributed by atoms with E-state index in [1.54, 1.807) is 14.2 Å². The Hall–Kier alpha value is -3.55. The number of likely N-dealkylation sites (N-methyl/N-ethyl adjacent to an activating group) is 1. The number of rotatable bonds is 7. The lowest BCUT2D eigenvalue weighted by Gasteiger charge is -2.46. The van der Waals surface area contributed by atoms with Crippen molar-refractivity contribution >= 4 is 28.5 Å². The largest absolute Gasteiger partial charge is 0.493 e. The Kier molecular flexibility index (Phi) is 6.60. The van der Waals surface area contributed by atoms with Crippen molar-refractivity contribution in [2.24, 2.45) is 5.92 Å². The Bertz CT molecular complexity index is 1240. The minimum Gasteiger partial charge on any atom is -0.493 e. The van der Waals surface area contributed by atoms with Crippen molar-refractivity contribution in [3.63, 3.8) is 0 Å². The summed E-state index contributed by atoms with van der Waals surface area (Å²) in [5.74, 6) is 3.52. The van der Waals surface area contributed by atoms with E-state index >= 15 is 0 Å². The van der Waals surface area contributed by atoms with Crippen LogP contribution in [0, 0.1) is 11.3 Å². The highest BCUT2D eigenvalue weighted by Gasteiger charge is 2.39. The van der Waals surface area contributed by atoms with E-state index in [1.165, 1.54) is 24.8 Å². The zero-order valence-electron chi connectivity index (χ0n) is 21.5. The monoisotopic (exact) mass is 488 g/mol. The maximum Gasteiger partial charge on any atom is 0.227 e. The third-order valence-corrected chi connectivity index (χ3v) is 8.04. The van der Waals surface area contributed by atoms with Gasteiger partial charge in [0.15, 0.2) is 11.5 Å². The second kappa shape index (κ2) is 9.84. The minimum atomic E-state index is -0.0585. The normalized spacial score (nSPS) is 17.5. The molecule has 2 aliphatic rings. The fourth-order valence-corrected chi connectivity index (χ4v) is 5.61. The van der Waals surface area contributed by atoms with E-state index in [2.05, 4.69) is 45.1 Å². The first-order chi connectivity index (χ1) is 17.4. The number of ether oxygens (including phenoxy) is 2. The average Bonchev–Trinajstić information content (AvgIpc) is 2.87. The van der Waals surface area contributed by atoms with Crippen LogP contribution in [-0.2, 0) is 5.41 Å². The van der Waals surface area contributed by atoms with Crippen LogP contribution in [0.5, 0.6) is 11.5 Å². The summed E-state index contributed by atoms with van der Waals surface area (Å²) in [7, 11) is 5.25. The van der Waals surface area contributed by atoms with Crippen LogP contribution in [0.4, 0.5) is 11.8 Å². The van der Waals surface area contributed by atoms with Gasteiger partial charge in [-0.15, -0.1) is 0 Å². The van der Waals surface area contributed by atoms with Crippen molar-refractivity contribution in [1.29, 1.82) is 5.41 Å². The van der Waals surface area contributed by atoms with Gasteiger partial charge in [0, 0.05) is 49.5 Å². The molecule has 3 aromatic rings. The summed E-state index contributed by atoms with van der Waals surface area (Å²) >= 11 is 0. The summed E-state index contributed by atoms with van der Waals surface area (Å²) in [4.78, 5) is 13.9. The predicted octanol–water partition coefficient (Wildman–Crippen LogP) is 4.48. The van der Waals surface area contributed by atoms with Crippen LogP contribution in [0.2, 0.25) is 0 Å². The van der Waals surface area contributed by atoms with Crippen molar-refractivity contribution in [3.05, 3.63) is 48.0 Å². The Morgan fingerprint density at radius 2 is 1.75 bits per heavy atom. The highest BCUT2D eigenvalue weighted by Crippen LogP contribution is 2.39. The van der Waals surface area contributed by atoms with Crippen LogP contribution in [0.15, 0.2) is 42.5 Å². The number of anilines is 2. The van der Waals surface area contributed by atoms with Gasteiger partial charge in [-0.2, -0.15) is 4.98 Å². The van der Waals surface area contributed by atoms with Crippen molar-refractivity contribution in [1.82, 2.24) is 14.9 Å². The Labute approximate surface area is 212 Å². The van der Waals surface area contributed by atoms with Crippen LogP contribution in [0.1, 0.15) is 37.7 Å². The fraction of sp³-hybridized carbons (Fsp3) is 0.464. The Morgan fingerprint density at radius 3 is 2.36 bits per heavy atom. The van der Waals surface area contributed by atoms with Crippen LogP contribution in [0.25, 0.3) is 10.9 Å². The summed E-state index contributed by atoms with van der Waals surface area (Å²) in [6.07, 6.45) is 5.54. The lowest BCUT2D eigenvalue weighted by atomic mass is 9.72. The molecule has 0 unspecified atom stereocenters. The zero-order chi connectivity index (χ0) is 25.3. The Balaban J connectivity index is 1.42. The number of aromatic nitrogens is 2. The molecule has 190 valence electrons. The number of amidine groups is 1. The fourth-order valence-electron chi connectivity index (χ4n) is 5.61. The molecule has 1 aromatic heterocycles. The maximum absolute atomic E-state index is 8.68. The van der Waals surface area contributed by atoms with Crippen LogP contribution in [0.3, 0.4) is 0 Å². The molecule has 36 heavy (non-hydrogen) atoms. The molecule has 8 nitrogen and oxygen atoms in total. The van der Waals surface area contributed by atoms with Gasteiger partial charge in [-0.25, -0.2) is 4.98 Å². The number of methoxy groups -OCH3 is 2. The van der Waals surface area contributed by atoms with E-state index in [9.17, 15) is 0 Å². The van der Waals surface area contributed by atoms with Crippen molar-refractivity contribution in [2.45, 2.75) is 37.5 Å². The first kappa shape index (κ1) is 24.2. The summed E-state index contributed by atoms with van der Waals surface area (Å²) < 4.78 is 10.9. The number of nitrogens with zero attached hydrogens (tertiary/aromatic N) is 4. The number of nitrogens with one attached hydrogen (secondary N) is 1. The molecule has 2 fully saturated rings. The van der Waals surface area contributed by atoms with E-state index in [0.717, 1.165) is 49.2 Å². The molecule has 8 heteroatoms. The van der Waals surface area contributed by atoms with Gasteiger partial charge in [0.2, 0.25) is 5.95 Å². The molecule has 0 radical (unpaired) electrons. The summed E-state index contributed by atoms with van der Waals surface area (Å²) in [5, 5.41) is 9.42. The minimum absolute atomic E-state index is 0.0585. The maximum atomic E-state index is 8.68. The van der Waals surface area contributed by atoms with Crippen LogP contribution >= 0.6 is 0 Å². The van der Waals surface area contributed by atoms with E-state index in [4.69, 9.17) is 25.6 Å². The molecule has 2 heterocycles. The molecule has 0 amide bonds.